The highest BCUT2D eigenvalue weighted by Crippen LogP contribution is 2.39. The van der Waals surface area contributed by atoms with Crippen LogP contribution in [-0.4, -0.2) is 50.2 Å². The number of rotatable bonds is 12. The number of benzene rings is 3. The predicted molar refractivity (Wildman–Crippen MR) is 180 cm³/mol. The standard InChI is InChI=1S/C38H47F3N2O4/c1-7-9-29-23-30(24-34(44-5)35(29)45-6)28-11-8-10-26(22-28)25-43(31-14-16-33(17-15-31)46-38(39,40)41)32-18-20-42(21-19-32)36(27-12-13-27)47-37(2,3)4/h8,10-11,14-17,22-24,32H,7,9,12-13,18-21,25H2,1-6H3. The third-order valence-electron chi connectivity index (χ3n) is 8.49. The van der Waals surface area contributed by atoms with Gasteiger partial charge in [0.25, 0.3) is 0 Å². The van der Waals surface area contributed by atoms with E-state index in [0.717, 1.165) is 91.2 Å². The van der Waals surface area contributed by atoms with Crippen molar-refractivity contribution in [2.45, 2.75) is 90.8 Å². The molecule has 0 N–H and O–H groups in total. The van der Waals surface area contributed by atoms with Gasteiger partial charge in [-0.05, 0) is 123 Å². The zero-order chi connectivity index (χ0) is 33.8. The topological polar surface area (TPSA) is 43.4 Å². The molecule has 1 saturated heterocycles. The van der Waals surface area contributed by atoms with Crippen LogP contribution in [0, 0.1) is 0 Å². The van der Waals surface area contributed by atoms with Gasteiger partial charge in [0.05, 0.1) is 14.2 Å². The highest BCUT2D eigenvalue weighted by molar-refractivity contribution is 5.70. The second kappa shape index (κ2) is 14.4. The predicted octanol–water partition coefficient (Wildman–Crippen LogP) is 9.51. The normalized spacial score (nSPS) is 15.3. The van der Waals surface area contributed by atoms with E-state index in [2.05, 4.69) is 72.6 Å². The van der Waals surface area contributed by atoms with Crippen LogP contribution in [0.4, 0.5) is 18.9 Å². The average molecular weight is 653 g/mol. The van der Waals surface area contributed by atoms with E-state index in [1.807, 2.05) is 6.07 Å². The number of piperidine rings is 1. The number of hydrogen-bond acceptors (Lipinski definition) is 6. The zero-order valence-electron chi connectivity index (χ0n) is 28.4. The first kappa shape index (κ1) is 34.3. The molecule has 0 spiro atoms. The van der Waals surface area contributed by atoms with E-state index in [0.29, 0.717) is 12.3 Å². The van der Waals surface area contributed by atoms with Gasteiger partial charge in [-0.15, -0.1) is 13.2 Å². The molecule has 0 aromatic heterocycles. The fourth-order valence-corrected chi connectivity index (χ4v) is 6.29. The number of alkyl halides is 3. The van der Waals surface area contributed by atoms with E-state index in [-0.39, 0.29) is 17.4 Å². The van der Waals surface area contributed by atoms with Crippen LogP contribution in [-0.2, 0) is 17.7 Å². The van der Waals surface area contributed by atoms with Crippen LogP contribution >= 0.6 is 0 Å². The number of likely N-dealkylation sites (tertiary alicyclic amines) is 1. The third-order valence-corrected chi connectivity index (χ3v) is 8.49. The van der Waals surface area contributed by atoms with Crippen LogP contribution in [0.25, 0.3) is 11.1 Å². The van der Waals surface area contributed by atoms with Gasteiger partial charge in [0.2, 0.25) is 0 Å². The monoisotopic (exact) mass is 652 g/mol. The first-order valence-corrected chi connectivity index (χ1v) is 16.5. The van der Waals surface area contributed by atoms with Crippen molar-refractivity contribution in [1.82, 2.24) is 4.90 Å². The molecular formula is C38H47F3N2O4. The summed E-state index contributed by atoms with van der Waals surface area (Å²) in [7, 11) is 3.32. The van der Waals surface area contributed by atoms with Crippen molar-refractivity contribution in [3.05, 3.63) is 83.2 Å². The molecule has 47 heavy (non-hydrogen) atoms. The molecule has 1 heterocycles. The van der Waals surface area contributed by atoms with Crippen LogP contribution < -0.4 is 19.1 Å². The Hall–Kier alpha value is -4.01. The molecule has 5 rings (SSSR count). The molecule has 0 radical (unpaired) electrons. The quantitative estimate of drug-likeness (QED) is 0.182. The molecule has 9 heteroatoms. The average Bonchev–Trinajstić information content (AvgIpc) is 3.88. The van der Waals surface area contributed by atoms with Gasteiger partial charge in [0.1, 0.15) is 11.4 Å². The van der Waals surface area contributed by atoms with Gasteiger partial charge in [0.15, 0.2) is 17.4 Å². The molecular weight excluding hydrogens is 605 g/mol. The number of hydrogen-bond donors (Lipinski definition) is 0. The lowest BCUT2D eigenvalue weighted by atomic mass is 9.97. The highest BCUT2D eigenvalue weighted by atomic mass is 19.4. The molecule has 1 saturated carbocycles. The van der Waals surface area contributed by atoms with Gasteiger partial charge in [-0.1, -0.05) is 31.5 Å². The highest BCUT2D eigenvalue weighted by Gasteiger charge is 2.33. The number of nitrogens with zero attached hydrogens (tertiary/aromatic N) is 2. The maximum Gasteiger partial charge on any atom is 0.573 e. The van der Waals surface area contributed by atoms with Crippen molar-refractivity contribution in [1.29, 1.82) is 0 Å². The number of ether oxygens (including phenoxy) is 4. The van der Waals surface area contributed by atoms with Gasteiger partial charge in [0, 0.05) is 31.4 Å². The van der Waals surface area contributed by atoms with E-state index < -0.39 is 6.36 Å². The van der Waals surface area contributed by atoms with E-state index >= 15 is 0 Å². The molecule has 1 aliphatic heterocycles. The summed E-state index contributed by atoms with van der Waals surface area (Å²) in [5.41, 5.74) is 6.26. The fourth-order valence-electron chi connectivity index (χ4n) is 6.29. The summed E-state index contributed by atoms with van der Waals surface area (Å²) >= 11 is 0. The largest absolute Gasteiger partial charge is 0.573 e. The van der Waals surface area contributed by atoms with Gasteiger partial charge in [-0.25, -0.2) is 0 Å². The van der Waals surface area contributed by atoms with Crippen molar-refractivity contribution in [3.63, 3.8) is 0 Å². The van der Waals surface area contributed by atoms with Crippen molar-refractivity contribution in [3.8, 4) is 28.4 Å². The summed E-state index contributed by atoms with van der Waals surface area (Å²) < 4.78 is 60.7. The van der Waals surface area contributed by atoms with Crippen molar-refractivity contribution in [2.24, 2.45) is 0 Å². The number of allylic oxidation sites excluding steroid dienone is 1. The number of anilines is 1. The first-order valence-electron chi connectivity index (χ1n) is 16.5. The molecule has 2 fully saturated rings. The first-order chi connectivity index (χ1) is 22.4. The van der Waals surface area contributed by atoms with Crippen molar-refractivity contribution >= 4 is 5.69 Å². The Morgan fingerprint density at radius 2 is 1.60 bits per heavy atom. The van der Waals surface area contributed by atoms with Crippen LogP contribution in [0.3, 0.4) is 0 Å². The summed E-state index contributed by atoms with van der Waals surface area (Å²) in [6.45, 7) is 10.7. The summed E-state index contributed by atoms with van der Waals surface area (Å²) in [4.78, 5) is 4.69. The number of methoxy groups -OCH3 is 2. The van der Waals surface area contributed by atoms with Crippen molar-refractivity contribution in [2.75, 3.05) is 32.2 Å². The molecule has 1 aliphatic carbocycles. The Bertz CT molecular complexity index is 1530. The smallest absolute Gasteiger partial charge is 0.493 e. The number of aryl methyl sites for hydroxylation is 1. The molecule has 3 aromatic rings. The summed E-state index contributed by atoms with van der Waals surface area (Å²) in [6, 6.07) is 19.0. The summed E-state index contributed by atoms with van der Waals surface area (Å²) in [6.07, 6.45) is 1.05. The van der Waals surface area contributed by atoms with Crippen LogP contribution in [0.2, 0.25) is 0 Å². The van der Waals surface area contributed by atoms with E-state index in [4.69, 9.17) is 14.2 Å². The van der Waals surface area contributed by atoms with Gasteiger partial charge in [-0.3, -0.25) is 0 Å². The molecule has 254 valence electrons. The van der Waals surface area contributed by atoms with Crippen LogP contribution in [0.1, 0.15) is 70.9 Å². The Kier molecular flexibility index (Phi) is 10.5. The molecule has 0 unspecified atom stereocenters. The zero-order valence-corrected chi connectivity index (χ0v) is 28.4. The molecule has 0 bridgehead atoms. The lowest BCUT2D eigenvalue weighted by Crippen LogP contribution is -2.45. The van der Waals surface area contributed by atoms with Crippen LogP contribution in [0.15, 0.2) is 72.1 Å². The lowest BCUT2D eigenvalue weighted by molar-refractivity contribution is -0.274. The third kappa shape index (κ3) is 9.08. The SMILES string of the molecule is CCCc1cc(-c2cccc(CN(c3ccc(OC(F)(F)F)cc3)C3CCN(C(OC(C)(C)C)=C4CC4)CC3)c2)cc(OC)c1OC. The minimum atomic E-state index is -4.74. The second-order valence-electron chi connectivity index (χ2n) is 13.3. The maximum absolute atomic E-state index is 12.9. The van der Waals surface area contributed by atoms with E-state index in [1.54, 1.807) is 26.4 Å². The van der Waals surface area contributed by atoms with Crippen LogP contribution in [0.5, 0.6) is 17.2 Å². The van der Waals surface area contributed by atoms with E-state index in [9.17, 15) is 13.2 Å². The van der Waals surface area contributed by atoms with Gasteiger partial charge in [-0.2, -0.15) is 0 Å². The molecule has 0 amide bonds. The molecule has 0 atom stereocenters. The molecule has 6 nitrogen and oxygen atoms in total. The minimum Gasteiger partial charge on any atom is -0.493 e. The Morgan fingerprint density at radius 1 is 0.894 bits per heavy atom. The lowest BCUT2D eigenvalue weighted by Gasteiger charge is -2.42. The van der Waals surface area contributed by atoms with E-state index in [1.165, 1.54) is 17.7 Å². The summed E-state index contributed by atoms with van der Waals surface area (Å²) in [5, 5.41) is 0. The van der Waals surface area contributed by atoms with Gasteiger partial charge >= 0.3 is 6.36 Å². The minimum absolute atomic E-state index is 0.182. The molecule has 3 aromatic carbocycles. The Balaban J connectivity index is 1.42. The fraction of sp³-hybridized carbons (Fsp3) is 0.474. The second-order valence-corrected chi connectivity index (χ2v) is 13.3. The molecule has 2 aliphatic rings. The summed E-state index contributed by atoms with van der Waals surface area (Å²) in [5.74, 6) is 2.26. The van der Waals surface area contributed by atoms with Gasteiger partial charge < -0.3 is 28.7 Å². The Morgan fingerprint density at radius 3 is 2.17 bits per heavy atom. The maximum atomic E-state index is 12.9. The Labute approximate surface area is 277 Å². The number of halogens is 3. The van der Waals surface area contributed by atoms with Crippen molar-refractivity contribution < 1.29 is 32.1 Å².